The highest BCUT2D eigenvalue weighted by atomic mass is 35.5. The number of nitrogens with one attached hydrogen (secondary N) is 1. The van der Waals surface area contributed by atoms with E-state index in [-0.39, 0.29) is 18.1 Å². The molecule has 144 valence electrons. The number of ether oxygens (including phenoxy) is 2. The molecular formula is C21H25ClN2O3. The number of nitrogens with zero attached hydrogens (tertiary/aromatic N) is 1. The molecule has 0 fully saturated rings. The number of halogens is 1. The molecule has 1 aliphatic heterocycles. The van der Waals surface area contributed by atoms with Crippen LogP contribution in [0.2, 0.25) is 5.02 Å². The van der Waals surface area contributed by atoms with Crippen LogP contribution in [0.5, 0.6) is 11.5 Å². The fourth-order valence-electron chi connectivity index (χ4n) is 3.35. The van der Waals surface area contributed by atoms with Crippen LogP contribution in [0.15, 0.2) is 36.4 Å². The molecule has 2 aromatic carbocycles. The molecule has 1 amide bonds. The third-order valence-corrected chi connectivity index (χ3v) is 5.16. The molecule has 2 atom stereocenters. The van der Waals surface area contributed by atoms with Gasteiger partial charge in [-0.25, -0.2) is 0 Å². The number of methoxy groups -OCH3 is 1. The van der Waals surface area contributed by atoms with E-state index in [0.717, 1.165) is 17.7 Å². The SMILES string of the molecule is CCOc1c(Cl)cc([C@H]2Nc3ccccc3C(=O)N2[C@@H](C)CC)cc1OC. The number of hydrogen-bond acceptors (Lipinski definition) is 4. The maximum absolute atomic E-state index is 13.2. The Morgan fingerprint density at radius 2 is 2.00 bits per heavy atom. The summed E-state index contributed by atoms with van der Waals surface area (Å²) < 4.78 is 11.1. The first kappa shape index (κ1) is 19.4. The number of benzene rings is 2. The fourth-order valence-corrected chi connectivity index (χ4v) is 3.62. The lowest BCUT2D eigenvalue weighted by Crippen LogP contribution is -2.47. The van der Waals surface area contributed by atoms with Crippen molar-refractivity contribution in [2.24, 2.45) is 0 Å². The summed E-state index contributed by atoms with van der Waals surface area (Å²) in [4.78, 5) is 15.1. The highest BCUT2D eigenvalue weighted by Gasteiger charge is 2.36. The van der Waals surface area contributed by atoms with Gasteiger partial charge in [-0.05, 0) is 44.5 Å². The van der Waals surface area contributed by atoms with Crippen LogP contribution in [0.1, 0.15) is 49.3 Å². The van der Waals surface area contributed by atoms with Gasteiger partial charge in [-0.2, -0.15) is 0 Å². The Balaban J connectivity index is 2.10. The molecule has 1 heterocycles. The molecular weight excluding hydrogens is 364 g/mol. The van der Waals surface area contributed by atoms with E-state index >= 15 is 0 Å². The van der Waals surface area contributed by atoms with Crippen molar-refractivity contribution in [3.05, 3.63) is 52.5 Å². The van der Waals surface area contributed by atoms with E-state index in [1.807, 2.05) is 55.1 Å². The van der Waals surface area contributed by atoms with Gasteiger partial charge in [0.1, 0.15) is 6.17 Å². The van der Waals surface area contributed by atoms with Crippen molar-refractivity contribution in [3.63, 3.8) is 0 Å². The van der Waals surface area contributed by atoms with Crippen LogP contribution in [-0.4, -0.2) is 30.6 Å². The number of rotatable bonds is 6. The lowest BCUT2D eigenvalue weighted by molar-refractivity contribution is 0.0593. The Kier molecular flexibility index (Phi) is 5.80. The van der Waals surface area contributed by atoms with Gasteiger partial charge in [0.25, 0.3) is 5.91 Å². The Morgan fingerprint density at radius 1 is 1.26 bits per heavy atom. The second-order valence-corrected chi connectivity index (χ2v) is 6.94. The van der Waals surface area contributed by atoms with Gasteiger partial charge >= 0.3 is 0 Å². The summed E-state index contributed by atoms with van der Waals surface area (Å²) in [5, 5.41) is 3.95. The first-order valence-electron chi connectivity index (χ1n) is 9.20. The lowest BCUT2D eigenvalue weighted by atomic mass is 10.0. The normalized spacial score (nSPS) is 17.1. The summed E-state index contributed by atoms with van der Waals surface area (Å²) in [6.07, 6.45) is 0.498. The lowest BCUT2D eigenvalue weighted by Gasteiger charge is -2.41. The van der Waals surface area contributed by atoms with Crippen LogP contribution >= 0.6 is 11.6 Å². The molecule has 0 unspecified atom stereocenters. The topological polar surface area (TPSA) is 50.8 Å². The van der Waals surface area contributed by atoms with Crippen LogP contribution in [-0.2, 0) is 0 Å². The zero-order valence-corrected chi connectivity index (χ0v) is 16.8. The van der Waals surface area contributed by atoms with E-state index in [4.69, 9.17) is 21.1 Å². The van der Waals surface area contributed by atoms with Crippen LogP contribution in [0.4, 0.5) is 5.69 Å². The average Bonchev–Trinajstić information content (AvgIpc) is 2.68. The van der Waals surface area contributed by atoms with Crippen molar-refractivity contribution < 1.29 is 14.3 Å². The number of carbonyl (C=O) groups is 1. The van der Waals surface area contributed by atoms with Crippen molar-refractivity contribution in [2.45, 2.75) is 39.4 Å². The van der Waals surface area contributed by atoms with E-state index in [1.54, 1.807) is 7.11 Å². The Bertz CT molecular complexity index is 840. The average molecular weight is 389 g/mol. The second-order valence-electron chi connectivity index (χ2n) is 6.53. The number of hydrogen-bond donors (Lipinski definition) is 1. The molecule has 5 nitrogen and oxygen atoms in total. The van der Waals surface area contributed by atoms with Crippen LogP contribution in [0.25, 0.3) is 0 Å². The van der Waals surface area contributed by atoms with E-state index < -0.39 is 0 Å². The van der Waals surface area contributed by atoms with Crippen molar-refractivity contribution in [1.82, 2.24) is 4.90 Å². The quantitative estimate of drug-likeness (QED) is 0.746. The van der Waals surface area contributed by atoms with E-state index in [9.17, 15) is 4.79 Å². The Labute approximate surface area is 165 Å². The third kappa shape index (κ3) is 3.56. The summed E-state index contributed by atoms with van der Waals surface area (Å²) in [6, 6.07) is 11.3. The van der Waals surface area contributed by atoms with E-state index in [1.165, 1.54) is 0 Å². The fraction of sp³-hybridized carbons (Fsp3) is 0.381. The predicted molar refractivity (Wildman–Crippen MR) is 108 cm³/mol. The molecule has 0 aliphatic carbocycles. The van der Waals surface area contributed by atoms with Gasteiger partial charge in [-0.15, -0.1) is 0 Å². The molecule has 27 heavy (non-hydrogen) atoms. The molecule has 3 rings (SSSR count). The number of anilines is 1. The summed E-state index contributed by atoms with van der Waals surface area (Å²) in [6.45, 7) is 6.50. The van der Waals surface area contributed by atoms with Crippen LogP contribution in [0.3, 0.4) is 0 Å². The van der Waals surface area contributed by atoms with Gasteiger partial charge in [0.05, 0.1) is 24.3 Å². The minimum atomic E-state index is -0.343. The van der Waals surface area contributed by atoms with Gasteiger partial charge in [-0.1, -0.05) is 30.7 Å². The standard InChI is InChI=1S/C21H25ClN2O3/c1-5-13(3)24-20(23-17-10-8-7-9-15(17)21(24)25)14-11-16(22)19(27-6-2)18(12-14)26-4/h7-13,20,23H,5-6H2,1-4H3/t13-,20-/m0/s1. The van der Waals surface area contributed by atoms with Crippen molar-refractivity contribution >= 4 is 23.2 Å². The van der Waals surface area contributed by atoms with Crippen molar-refractivity contribution in [3.8, 4) is 11.5 Å². The number of fused-ring (bicyclic) bond motifs is 1. The molecule has 0 radical (unpaired) electrons. The van der Waals surface area contributed by atoms with Crippen LogP contribution < -0.4 is 14.8 Å². The Morgan fingerprint density at radius 3 is 2.67 bits per heavy atom. The predicted octanol–water partition coefficient (Wildman–Crippen LogP) is 5.11. The van der Waals surface area contributed by atoms with Gasteiger partial charge in [0.2, 0.25) is 0 Å². The van der Waals surface area contributed by atoms with Gasteiger partial charge in [0.15, 0.2) is 11.5 Å². The number of amides is 1. The zero-order valence-electron chi connectivity index (χ0n) is 16.1. The van der Waals surface area contributed by atoms with Crippen molar-refractivity contribution in [2.75, 3.05) is 19.0 Å². The first-order chi connectivity index (χ1) is 13.0. The minimum absolute atomic E-state index is 0.00711. The molecule has 0 bridgehead atoms. The number of carbonyl (C=O) groups excluding carboxylic acids is 1. The molecule has 1 N–H and O–H groups in total. The smallest absolute Gasteiger partial charge is 0.258 e. The highest BCUT2D eigenvalue weighted by molar-refractivity contribution is 6.32. The third-order valence-electron chi connectivity index (χ3n) is 4.88. The largest absolute Gasteiger partial charge is 0.493 e. The highest BCUT2D eigenvalue weighted by Crippen LogP contribution is 2.41. The zero-order chi connectivity index (χ0) is 19.6. The van der Waals surface area contributed by atoms with Gasteiger partial charge in [0, 0.05) is 17.3 Å². The van der Waals surface area contributed by atoms with E-state index in [2.05, 4.69) is 12.2 Å². The summed E-state index contributed by atoms with van der Waals surface area (Å²) in [7, 11) is 1.58. The number of para-hydroxylation sites is 1. The molecule has 6 heteroatoms. The first-order valence-corrected chi connectivity index (χ1v) is 9.58. The second kappa shape index (κ2) is 8.09. The van der Waals surface area contributed by atoms with Crippen molar-refractivity contribution in [1.29, 1.82) is 0 Å². The van der Waals surface area contributed by atoms with Gasteiger partial charge in [-0.3, -0.25) is 4.79 Å². The van der Waals surface area contributed by atoms with E-state index in [0.29, 0.717) is 28.7 Å². The molecule has 0 saturated heterocycles. The summed E-state index contributed by atoms with van der Waals surface area (Å²) in [5.41, 5.74) is 2.34. The maximum atomic E-state index is 13.2. The van der Waals surface area contributed by atoms with Gasteiger partial charge < -0.3 is 19.7 Å². The minimum Gasteiger partial charge on any atom is -0.493 e. The Hall–Kier alpha value is -2.40. The summed E-state index contributed by atoms with van der Waals surface area (Å²) in [5.74, 6) is 1.08. The monoisotopic (exact) mass is 388 g/mol. The van der Waals surface area contributed by atoms with Crippen LogP contribution in [0, 0.1) is 0 Å². The molecule has 0 saturated carbocycles. The molecule has 0 aromatic heterocycles. The molecule has 0 spiro atoms. The molecule has 2 aromatic rings. The maximum Gasteiger partial charge on any atom is 0.258 e. The molecule has 1 aliphatic rings. The summed E-state index contributed by atoms with van der Waals surface area (Å²) >= 11 is 6.47.